The molecule has 5 nitrogen and oxygen atoms in total. The third-order valence-electron chi connectivity index (χ3n) is 11.7. The average Bonchev–Trinajstić information content (AvgIpc) is 3.25. The molecular weight excluding hydrogens is 683 g/mol. The number of rotatable bonds is 5. The zero-order valence-electron chi connectivity index (χ0n) is 32.0. The molecule has 3 heterocycles. The molecule has 1 aromatic heterocycles. The predicted molar refractivity (Wildman–Crippen MR) is 230 cm³/mol. The molecule has 0 saturated heterocycles. The highest BCUT2D eigenvalue weighted by molar-refractivity contribution is 5.91. The molecule has 5 heteroatoms. The van der Waals surface area contributed by atoms with Gasteiger partial charge in [-0.25, -0.2) is 15.0 Å². The molecule has 10 rings (SSSR count). The number of anilines is 6. The second-order valence-electron chi connectivity index (χ2n) is 15.8. The van der Waals surface area contributed by atoms with E-state index in [2.05, 4.69) is 153 Å². The molecule has 0 atom stereocenters. The first-order valence-corrected chi connectivity index (χ1v) is 19.3. The summed E-state index contributed by atoms with van der Waals surface area (Å²) in [7, 11) is 0. The van der Waals surface area contributed by atoms with Gasteiger partial charge in [0.15, 0.2) is 17.5 Å². The number of fused-ring (bicyclic) bond motifs is 4. The summed E-state index contributed by atoms with van der Waals surface area (Å²) in [5, 5.41) is 0. The highest BCUT2D eigenvalue weighted by Gasteiger charge is 2.40. The van der Waals surface area contributed by atoms with Crippen molar-refractivity contribution in [2.75, 3.05) is 9.80 Å². The normalized spacial score (nSPS) is 14.6. The molecule has 0 amide bonds. The van der Waals surface area contributed by atoms with Crippen LogP contribution >= 0.6 is 0 Å². The number of aromatic nitrogens is 3. The van der Waals surface area contributed by atoms with Gasteiger partial charge < -0.3 is 9.80 Å². The van der Waals surface area contributed by atoms with E-state index in [1.807, 2.05) is 60.7 Å². The van der Waals surface area contributed by atoms with E-state index in [-0.39, 0.29) is 10.8 Å². The first-order chi connectivity index (χ1) is 27.3. The van der Waals surface area contributed by atoms with Gasteiger partial charge in [0.25, 0.3) is 0 Å². The zero-order valence-corrected chi connectivity index (χ0v) is 32.0. The summed E-state index contributed by atoms with van der Waals surface area (Å²) >= 11 is 0. The van der Waals surface area contributed by atoms with E-state index >= 15 is 0 Å². The number of hydrogen-bond donors (Lipinski definition) is 0. The summed E-state index contributed by atoms with van der Waals surface area (Å²) in [6, 6.07) is 62.4. The van der Waals surface area contributed by atoms with Crippen molar-refractivity contribution in [3.05, 3.63) is 198 Å². The molecule has 0 aliphatic carbocycles. The third-order valence-corrected chi connectivity index (χ3v) is 11.7. The summed E-state index contributed by atoms with van der Waals surface area (Å²) in [5.41, 5.74) is 14.7. The Morgan fingerprint density at radius 2 is 0.661 bits per heavy atom. The van der Waals surface area contributed by atoms with Crippen LogP contribution in [0.4, 0.5) is 34.1 Å². The van der Waals surface area contributed by atoms with E-state index in [1.54, 1.807) is 0 Å². The lowest BCUT2D eigenvalue weighted by atomic mass is 9.72. The molecule has 56 heavy (non-hydrogen) atoms. The van der Waals surface area contributed by atoms with E-state index in [9.17, 15) is 0 Å². The predicted octanol–water partition coefficient (Wildman–Crippen LogP) is 13.1. The van der Waals surface area contributed by atoms with Crippen molar-refractivity contribution in [1.82, 2.24) is 15.0 Å². The first kappa shape index (κ1) is 33.7. The van der Waals surface area contributed by atoms with Gasteiger partial charge in [-0.2, -0.15) is 0 Å². The maximum Gasteiger partial charge on any atom is 0.164 e. The Morgan fingerprint density at radius 3 is 1.12 bits per heavy atom. The van der Waals surface area contributed by atoms with Crippen molar-refractivity contribution in [1.29, 1.82) is 0 Å². The molecule has 270 valence electrons. The number of benzene rings is 7. The maximum atomic E-state index is 4.99. The van der Waals surface area contributed by atoms with Crippen LogP contribution in [0.3, 0.4) is 0 Å². The molecule has 2 aliphatic rings. The average molecular weight is 724 g/mol. The molecule has 2 aliphatic heterocycles. The number of para-hydroxylation sites is 3. The minimum atomic E-state index is -0.251. The lowest BCUT2D eigenvalue weighted by Gasteiger charge is -2.44. The van der Waals surface area contributed by atoms with E-state index in [1.165, 1.54) is 45.0 Å². The highest BCUT2D eigenvalue weighted by atomic mass is 15.2. The molecule has 0 saturated carbocycles. The second-order valence-corrected chi connectivity index (χ2v) is 15.8. The van der Waals surface area contributed by atoms with Crippen LogP contribution in [-0.4, -0.2) is 15.0 Å². The van der Waals surface area contributed by atoms with Crippen LogP contribution in [0.5, 0.6) is 0 Å². The van der Waals surface area contributed by atoms with Gasteiger partial charge in [-0.1, -0.05) is 143 Å². The van der Waals surface area contributed by atoms with E-state index in [4.69, 9.17) is 15.0 Å². The van der Waals surface area contributed by atoms with Crippen LogP contribution in [0.2, 0.25) is 0 Å². The molecule has 0 radical (unpaired) electrons. The fraction of sp³-hybridized carbons (Fsp3) is 0.118. The van der Waals surface area contributed by atoms with Crippen molar-refractivity contribution < 1.29 is 0 Å². The SMILES string of the molecule is CC1(C)c2ccccc2N(c2ccc3c(c2)C(C)(C)c2ccccc2N3c2ccc(-c3nc(-c4ccccc4)nc(-c4ccccc4)n3)cc2)c2ccccc21. The molecule has 0 bridgehead atoms. The zero-order chi connectivity index (χ0) is 38.0. The molecule has 0 spiro atoms. The summed E-state index contributed by atoms with van der Waals surface area (Å²) in [5.74, 6) is 1.94. The number of nitrogens with zero attached hydrogens (tertiary/aromatic N) is 5. The minimum Gasteiger partial charge on any atom is -0.310 e. The van der Waals surface area contributed by atoms with E-state index < -0.39 is 0 Å². The quantitative estimate of drug-likeness (QED) is 0.177. The molecule has 0 N–H and O–H groups in total. The van der Waals surface area contributed by atoms with Gasteiger partial charge in [0.1, 0.15) is 0 Å². The van der Waals surface area contributed by atoms with Gasteiger partial charge in [-0.15, -0.1) is 0 Å². The smallest absolute Gasteiger partial charge is 0.164 e. The van der Waals surface area contributed by atoms with Crippen LogP contribution in [0.25, 0.3) is 34.2 Å². The number of hydrogen-bond acceptors (Lipinski definition) is 5. The standard InChI is InChI=1S/C51H41N5/c1-50(2)39-21-11-15-25-44(39)56(45-26-16-12-22-40(45)50)38-31-32-46-42(33-38)51(3,4)41-23-13-14-24-43(41)55(46)37-29-27-36(28-30-37)49-53-47(34-17-7-5-8-18-34)52-48(54-49)35-19-9-6-10-20-35/h5-33H,1-4H3. The third kappa shape index (κ3) is 5.34. The van der Waals surface area contributed by atoms with Gasteiger partial charge in [0, 0.05) is 38.9 Å². The second kappa shape index (κ2) is 12.9. The Balaban J connectivity index is 1.09. The van der Waals surface area contributed by atoms with Crippen molar-refractivity contribution in [2.45, 2.75) is 38.5 Å². The van der Waals surface area contributed by atoms with Crippen molar-refractivity contribution in [2.24, 2.45) is 0 Å². The Hall–Kier alpha value is -6.85. The fourth-order valence-corrected chi connectivity index (χ4v) is 8.75. The summed E-state index contributed by atoms with van der Waals surface area (Å²) in [4.78, 5) is 19.7. The molecule has 8 aromatic rings. The van der Waals surface area contributed by atoms with Crippen LogP contribution in [0.1, 0.15) is 49.9 Å². The molecular formula is C51H41N5. The van der Waals surface area contributed by atoms with Gasteiger partial charge in [-0.3, -0.25) is 0 Å². The van der Waals surface area contributed by atoms with Gasteiger partial charge in [0.05, 0.1) is 22.7 Å². The maximum absolute atomic E-state index is 4.99. The molecule has 0 unspecified atom stereocenters. The monoisotopic (exact) mass is 723 g/mol. The van der Waals surface area contributed by atoms with Gasteiger partial charge in [0.2, 0.25) is 0 Å². The Labute approximate surface area is 328 Å². The largest absolute Gasteiger partial charge is 0.310 e. The van der Waals surface area contributed by atoms with Crippen LogP contribution in [0, 0.1) is 0 Å². The molecule has 7 aromatic carbocycles. The summed E-state index contributed by atoms with van der Waals surface area (Å²) in [6.45, 7) is 9.38. The van der Waals surface area contributed by atoms with E-state index in [0.29, 0.717) is 17.5 Å². The lowest BCUT2D eigenvalue weighted by Crippen LogP contribution is -2.32. The van der Waals surface area contributed by atoms with Crippen molar-refractivity contribution in [3.8, 4) is 34.2 Å². The van der Waals surface area contributed by atoms with Gasteiger partial charge in [-0.05, 0) is 82.9 Å². The summed E-state index contributed by atoms with van der Waals surface area (Å²) < 4.78 is 0. The minimum absolute atomic E-state index is 0.118. The topological polar surface area (TPSA) is 45.2 Å². The highest BCUT2D eigenvalue weighted by Crippen LogP contribution is 2.56. The molecule has 0 fully saturated rings. The van der Waals surface area contributed by atoms with Crippen LogP contribution in [0.15, 0.2) is 176 Å². The fourth-order valence-electron chi connectivity index (χ4n) is 8.75. The Kier molecular flexibility index (Phi) is 7.75. The summed E-state index contributed by atoms with van der Waals surface area (Å²) in [6.07, 6.45) is 0. The van der Waals surface area contributed by atoms with Crippen LogP contribution in [-0.2, 0) is 10.8 Å². The Bertz CT molecular complexity index is 2650. The van der Waals surface area contributed by atoms with Crippen LogP contribution < -0.4 is 9.80 Å². The Morgan fingerprint density at radius 1 is 0.321 bits per heavy atom. The van der Waals surface area contributed by atoms with Crippen molar-refractivity contribution >= 4 is 34.1 Å². The lowest BCUT2D eigenvalue weighted by molar-refractivity contribution is 0.628. The first-order valence-electron chi connectivity index (χ1n) is 19.3. The van der Waals surface area contributed by atoms with Gasteiger partial charge >= 0.3 is 0 Å². The van der Waals surface area contributed by atoms with Crippen molar-refractivity contribution in [3.63, 3.8) is 0 Å². The van der Waals surface area contributed by atoms with E-state index in [0.717, 1.165) is 28.1 Å².